The monoisotopic (exact) mass is 506 g/mol. The van der Waals surface area contributed by atoms with Crippen LogP contribution in [0.4, 0.5) is 0 Å². The number of esters is 1. The van der Waals surface area contributed by atoms with E-state index in [4.69, 9.17) is 14.2 Å². The molecule has 0 bridgehead atoms. The van der Waals surface area contributed by atoms with Crippen molar-refractivity contribution in [3.05, 3.63) is 90.1 Å². The molecule has 7 nitrogen and oxygen atoms in total. The molecule has 3 aromatic rings. The number of allylic oxidation sites excluding steroid dienone is 1. The second-order valence-electron chi connectivity index (χ2n) is 8.74. The Morgan fingerprint density at radius 3 is 2.47 bits per heavy atom. The summed E-state index contributed by atoms with van der Waals surface area (Å²) < 4.78 is 18.2. The maximum absolute atomic E-state index is 13.7. The molecule has 1 atom stereocenters. The van der Waals surface area contributed by atoms with Crippen molar-refractivity contribution in [3.8, 4) is 11.5 Å². The lowest BCUT2D eigenvalue weighted by molar-refractivity contribution is -0.136. The molecule has 36 heavy (non-hydrogen) atoms. The first kappa shape index (κ1) is 25.4. The molecule has 0 saturated carbocycles. The molecule has 0 N–H and O–H groups in total. The number of rotatable bonds is 7. The molecule has 0 amide bonds. The Morgan fingerprint density at radius 1 is 1.14 bits per heavy atom. The van der Waals surface area contributed by atoms with E-state index in [-0.39, 0.29) is 5.56 Å². The zero-order valence-electron chi connectivity index (χ0n) is 21.3. The van der Waals surface area contributed by atoms with Crippen LogP contribution in [0.25, 0.3) is 6.08 Å². The van der Waals surface area contributed by atoms with Gasteiger partial charge in [0.05, 0.1) is 42.7 Å². The van der Waals surface area contributed by atoms with Gasteiger partial charge in [0, 0.05) is 0 Å². The van der Waals surface area contributed by atoms with E-state index < -0.39 is 12.0 Å². The molecule has 188 valence electrons. The number of carbonyl (C=O) groups is 1. The Morgan fingerprint density at radius 2 is 1.86 bits per heavy atom. The van der Waals surface area contributed by atoms with Crippen molar-refractivity contribution in [2.24, 2.45) is 4.99 Å². The van der Waals surface area contributed by atoms with Crippen LogP contribution in [0, 0.1) is 0 Å². The van der Waals surface area contributed by atoms with Gasteiger partial charge in [0.1, 0.15) is 0 Å². The lowest BCUT2D eigenvalue weighted by atomic mass is 9.93. The van der Waals surface area contributed by atoms with E-state index in [0.717, 1.165) is 11.1 Å². The molecule has 4 rings (SSSR count). The molecule has 2 heterocycles. The van der Waals surface area contributed by atoms with E-state index >= 15 is 0 Å². The minimum Gasteiger partial charge on any atom is -0.493 e. The van der Waals surface area contributed by atoms with Gasteiger partial charge < -0.3 is 14.2 Å². The smallest absolute Gasteiger partial charge is 0.338 e. The molecule has 1 aliphatic heterocycles. The van der Waals surface area contributed by atoms with Gasteiger partial charge in [-0.05, 0) is 54.7 Å². The van der Waals surface area contributed by atoms with Gasteiger partial charge in [0.15, 0.2) is 16.3 Å². The van der Waals surface area contributed by atoms with Crippen molar-refractivity contribution in [2.75, 3.05) is 20.8 Å². The maximum atomic E-state index is 13.7. The predicted molar refractivity (Wildman–Crippen MR) is 140 cm³/mol. The van der Waals surface area contributed by atoms with E-state index in [1.54, 1.807) is 24.7 Å². The number of hydrogen-bond acceptors (Lipinski definition) is 7. The molecule has 2 aromatic carbocycles. The van der Waals surface area contributed by atoms with Crippen molar-refractivity contribution >= 4 is 23.4 Å². The minimum atomic E-state index is -0.632. The largest absolute Gasteiger partial charge is 0.493 e. The Balaban J connectivity index is 1.89. The fourth-order valence-corrected chi connectivity index (χ4v) is 5.32. The van der Waals surface area contributed by atoms with Crippen LogP contribution in [0.2, 0.25) is 0 Å². The quantitative estimate of drug-likeness (QED) is 0.454. The zero-order valence-corrected chi connectivity index (χ0v) is 22.1. The average Bonchev–Trinajstić information content (AvgIpc) is 3.17. The van der Waals surface area contributed by atoms with Crippen LogP contribution >= 0.6 is 11.3 Å². The van der Waals surface area contributed by atoms with E-state index in [2.05, 4.69) is 18.8 Å². The van der Waals surface area contributed by atoms with Crippen LogP contribution in [0.1, 0.15) is 56.3 Å². The summed E-state index contributed by atoms with van der Waals surface area (Å²) in [6.07, 6.45) is 1.80. The lowest BCUT2D eigenvalue weighted by Gasteiger charge is -2.24. The third-order valence-corrected chi connectivity index (χ3v) is 7.11. The second kappa shape index (κ2) is 10.5. The van der Waals surface area contributed by atoms with Gasteiger partial charge in [-0.2, -0.15) is 0 Å². The fraction of sp³-hybridized carbons (Fsp3) is 0.321. The molecule has 0 radical (unpaired) electrons. The number of nitrogens with zero attached hydrogens (tertiary/aromatic N) is 2. The number of ether oxygens (including phenoxy) is 3. The zero-order chi connectivity index (χ0) is 26.0. The van der Waals surface area contributed by atoms with Crippen molar-refractivity contribution in [1.82, 2.24) is 4.57 Å². The number of thiazole rings is 1. The number of fused-ring (bicyclic) bond motifs is 1. The molecular formula is C28H30N2O5S. The van der Waals surface area contributed by atoms with Gasteiger partial charge in [-0.25, -0.2) is 9.79 Å². The van der Waals surface area contributed by atoms with Crippen LogP contribution in [0.15, 0.2) is 63.5 Å². The van der Waals surface area contributed by atoms with Gasteiger partial charge in [-0.3, -0.25) is 9.36 Å². The summed E-state index contributed by atoms with van der Waals surface area (Å²) in [5.74, 6) is 1.09. The third-order valence-electron chi connectivity index (χ3n) is 6.13. The van der Waals surface area contributed by atoms with Gasteiger partial charge >= 0.3 is 5.97 Å². The summed E-state index contributed by atoms with van der Waals surface area (Å²) in [5, 5.41) is 0. The van der Waals surface area contributed by atoms with Crippen molar-refractivity contribution in [1.29, 1.82) is 0 Å². The fourth-order valence-electron chi connectivity index (χ4n) is 4.27. The van der Waals surface area contributed by atoms with Gasteiger partial charge in [0.2, 0.25) is 0 Å². The number of hydrogen-bond donors (Lipinski definition) is 0. The highest BCUT2D eigenvalue weighted by Gasteiger charge is 2.33. The number of carbonyl (C=O) groups excluding carboxylic acids is 1. The molecule has 0 fully saturated rings. The summed E-state index contributed by atoms with van der Waals surface area (Å²) >= 11 is 1.29. The van der Waals surface area contributed by atoms with Crippen LogP contribution < -0.4 is 24.4 Å². The van der Waals surface area contributed by atoms with Crippen LogP contribution in [-0.2, 0) is 9.53 Å². The molecule has 0 unspecified atom stereocenters. The van der Waals surface area contributed by atoms with E-state index in [0.29, 0.717) is 44.6 Å². The summed E-state index contributed by atoms with van der Waals surface area (Å²) in [6.45, 7) is 8.45. The molecule has 1 aliphatic rings. The molecule has 0 spiro atoms. The SMILES string of the molecule is CCOc1ccc(/C=c2\sc3n(c2=O)[C@H](c2ccc(C(C)C)cc2)C(C(=O)OC)=C(C)N=3)cc1OC. The molecule has 0 saturated heterocycles. The topological polar surface area (TPSA) is 79.1 Å². The van der Waals surface area contributed by atoms with E-state index in [1.165, 1.54) is 24.0 Å². The Bertz CT molecular complexity index is 1500. The number of methoxy groups -OCH3 is 2. The van der Waals surface area contributed by atoms with Gasteiger partial charge in [-0.1, -0.05) is 55.5 Å². The first-order valence-corrected chi connectivity index (χ1v) is 12.6. The Kier molecular flexibility index (Phi) is 7.45. The molecular weight excluding hydrogens is 476 g/mol. The van der Waals surface area contributed by atoms with Gasteiger partial charge in [0.25, 0.3) is 5.56 Å². The minimum absolute atomic E-state index is 0.224. The van der Waals surface area contributed by atoms with Crippen molar-refractivity contribution in [2.45, 2.75) is 39.7 Å². The third kappa shape index (κ3) is 4.73. The second-order valence-corrected chi connectivity index (χ2v) is 9.75. The molecule has 8 heteroatoms. The van der Waals surface area contributed by atoms with Crippen molar-refractivity contribution < 1.29 is 19.0 Å². The first-order valence-electron chi connectivity index (χ1n) is 11.8. The summed E-state index contributed by atoms with van der Waals surface area (Å²) in [7, 11) is 2.92. The summed E-state index contributed by atoms with van der Waals surface area (Å²) in [6, 6.07) is 12.9. The first-order chi connectivity index (χ1) is 17.3. The summed E-state index contributed by atoms with van der Waals surface area (Å²) in [5.41, 5.74) is 3.47. The normalized spacial score (nSPS) is 15.5. The molecule has 1 aromatic heterocycles. The number of benzene rings is 2. The van der Waals surface area contributed by atoms with Gasteiger partial charge in [-0.15, -0.1) is 0 Å². The lowest BCUT2D eigenvalue weighted by Crippen LogP contribution is -2.39. The van der Waals surface area contributed by atoms with Crippen LogP contribution in [0.5, 0.6) is 11.5 Å². The molecule has 0 aliphatic carbocycles. The summed E-state index contributed by atoms with van der Waals surface area (Å²) in [4.78, 5) is 31.7. The van der Waals surface area contributed by atoms with E-state index in [9.17, 15) is 9.59 Å². The average molecular weight is 507 g/mol. The van der Waals surface area contributed by atoms with Crippen molar-refractivity contribution in [3.63, 3.8) is 0 Å². The predicted octanol–water partition coefficient (Wildman–Crippen LogP) is 3.94. The highest BCUT2D eigenvalue weighted by Crippen LogP contribution is 2.32. The number of aromatic nitrogens is 1. The van der Waals surface area contributed by atoms with E-state index in [1.807, 2.05) is 49.4 Å². The Labute approximate surface area is 214 Å². The van der Waals surface area contributed by atoms with Crippen LogP contribution in [0.3, 0.4) is 0 Å². The maximum Gasteiger partial charge on any atom is 0.338 e. The standard InChI is InChI=1S/C28H30N2O5S/c1-7-35-21-13-8-18(14-22(21)33-5)15-23-26(31)30-25(20-11-9-19(10-12-20)16(2)3)24(27(32)34-6)17(4)29-28(30)36-23/h8-16,25H,7H2,1-6H3/b23-15-/t25-/m1/s1. The highest BCUT2D eigenvalue weighted by molar-refractivity contribution is 7.07. The van der Waals surface area contributed by atoms with Crippen LogP contribution in [-0.4, -0.2) is 31.4 Å². The Hall–Kier alpha value is -3.65. The highest BCUT2D eigenvalue weighted by atomic mass is 32.1.